The van der Waals surface area contributed by atoms with Crippen LogP contribution in [-0.2, 0) is 16.2 Å². The minimum atomic E-state index is -4.62. The first-order chi connectivity index (χ1) is 17.1. The molecule has 1 fully saturated rings. The van der Waals surface area contributed by atoms with E-state index in [1.807, 2.05) is 4.90 Å². The second-order valence-electron chi connectivity index (χ2n) is 8.25. The first-order valence-corrected chi connectivity index (χ1v) is 12.6. The fourth-order valence-electron chi connectivity index (χ4n) is 3.96. The van der Waals surface area contributed by atoms with Crippen LogP contribution in [0.3, 0.4) is 0 Å². The highest BCUT2D eigenvalue weighted by atomic mass is 32.2. The SMILES string of the molecule is COc1cccc(C(=O)Nc2ccc(N3CCCC3)c(S(=O)(=O)Nc3cccc(C(F)(F)F)c3)c2)c1. The van der Waals surface area contributed by atoms with Gasteiger partial charge in [-0.25, -0.2) is 8.42 Å². The van der Waals surface area contributed by atoms with Gasteiger partial charge in [-0.05, 0) is 67.4 Å². The molecule has 7 nitrogen and oxygen atoms in total. The number of benzene rings is 3. The molecule has 0 atom stereocenters. The molecule has 3 aromatic rings. The zero-order valence-electron chi connectivity index (χ0n) is 19.3. The van der Waals surface area contributed by atoms with Gasteiger partial charge in [0.05, 0.1) is 18.4 Å². The normalized spacial score (nSPS) is 13.9. The van der Waals surface area contributed by atoms with Gasteiger partial charge in [0.2, 0.25) is 0 Å². The topological polar surface area (TPSA) is 87.7 Å². The number of rotatable bonds is 7. The molecule has 1 heterocycles. The van der Waals surface area contributed by atoms with Crippen molar-refractivity contribution in [2.24, 2.45) is 0 Å². The van der Waals surface area contributed by atoms with Crippen molar-refractivity contribution in [3.63, 3.8) is 0 Å². The number of hydrogen-bond donors (Lipinski definition) is 2. The van der Waals surface area contributed by atoms with Crippen LogP contribution in [-0.4, -0.2) is 34.5 Å². The number of carbonyl (C=O) groups excluding carboxylic acids is 1. The molecule has 0 unspecified atom stereocenters. The summed E-state index contributed by atoms with van der Waals surface area (Å²) in [6.45, 7) is 1.28. The number of alkyl halides is 3. The van der Waals surface area contributed by atoms with Crippen LogP contribution in [0, 0.1) is 0 Å². The van der Waals surface area contributed by atoms with Crippen LogP contribution in [0.5, 0.6) is 5.75 Å². The third-order valence-electron chi connectivity index (χ3n) is 5.73. The molecule has 0 bridgehead atoms. The van der Waals surface area contributed by atoms with Gasteiger partial charge in [-0.2, -0.15) is 13.2 Å². The molecular formula is C25H24F3N3O4S. The van der Waals surface area contributed by atoms with E-state index in [0.717, 1.165) is 31.0 Å². The maximum atomic E-state index is 13.4. The van der Waals surface area contributed by atoms with Crippen molar-refractivity contribution >= 4 is 33.0 Å². The van der Waals surface area contributed by atoms with E-state index in [2.05, 4.69) is 10.0 Å². The molecule has 1 saturated heterocycles. The Morgan fingerprint density at radius 3 is 2.36 bits per heavy atom. The Morgan fingerprint density at radius 1 is 0.944 bits per heavy atom. The number of ether oxygens (including phenoxy) is 1. The number of methoxy groups -OCH3 is 1. The summed E-state index contributed by atoms with van der Waals surface area (Å²) in [4.78, 5) is 14.5. The Morgan fingerprint density at radius 2 is 1.67 bits per heavy atom. The maximum Gasteiger partial charge on any atom is 0.416 e. The summed E-state index contributed by atoms with van der Waals surface area (Å²) in [6, 6.07) is 14.9. The van der Waals surface area contributed by atoms with Gasteiger partial charge in [-0.3, -0.25) is 9.52 Å². The van der Waals surface area contributed by atoms with Crippen molar-refractivity contribution in [2.45, 2.75) is 23.9 Å². The molecule has 0 saturated carbocycles. The van der Waals surface area contributed by atoms with Crippen molar-refractivity contribution in [2.75, 3.05) is 35.1 Å². The van der Waals surface area contributed by atoms with E-state index in [1.165, 1.54) is 19.2 Å². The van der Waals surface area contributed by atoms with E-state index in [9.17, 15) is 26.4 Å². The largest absolute Gasteiger partial charge is 0.497 e. The van der Waals surface area contributed by atoms with Gasteiger partial charge in [-0.1, -0.05) is 12.1 Å². The quantitative estimate of drug-likeness (QED) is 0.439. The zero-order valence-corrected chi connectivity index (χ0v) is 20.1. The minimum Gasteiger partial charge on any atom is -0.497 e. The first kappa shape index (κ1) is 25.4. The highest BCUT2D eigenvalue weighted by Crippen LogP contribution is 2.34. The smallest absolute Gasteiger partial charge is 0.416 e. The van der Waals surface area contributed by atoms with Gasteiger partial charge in [-0.15, -0.1) is 0 Å². The molecule has 36 heavy (non-hydrogen) atoms. The molecule has 0 radical (unpaired) electrons. The standard InChI is InChI=1S/C25H24F3N3O4S/c1-35-21-9-4-6-17(14-21)24(32)29-19-10-11-22(31-12-2-3-13-31)23(16-19)36(33,34)30-20-8-5-7-18(15-20)25(26,27)28/h4-11,14-16,30H,2-3,12-13H2,1H3,(H,29,32). The summed E-state index contributed by atoms with van der Waals surface area (Å²) in [6.07, 6.45) is -2.85. The van der Waals surface area contributed by atoms with Gasteiger partial charge >= 0.3 is 6.18 Å². The lowest BCUT2D eigenvalue weighted by Gasteiger charge is -2.22. The summed E-state index contributed by atoms with van der Waals surface area (Å²) < 4.78 is 73.5. The third kappa shape index (κ3) is 5.73. The number of carbonyl (C=O) groups is 1. The fraction of sp³-hybridized carbons (Fsp3) is 0.240. The average molecular weight is 520 g/mol. The number of nitrogens with one attached hydrogen (secondary N) is 2. The molecule has 0 spiro atoms. The van der Waals surface area contributed by atoms with E-state index >= 15 is 0 Å². The van der Waals surface area contributed by atoms with Crippen LogP contribution < -0.4 is 19.7 Å². The van der Waals surface area contributed by atoms with E-state index in [1.54, 1.807) is 36.4 Å². The second kappa shape index (κ2) is 10.1. The Kier molecular flexibility index (Phi) is 7.11. The van der Waals surface area contributed by atoms with Crippen LogP contribution in [0.4, 0.5) is 30.2 Å². The monoisotopic (exact) mass is 519 g/mol. The highest BCUT2D eigenvalue weighted by Gasteiger charge is 2.31. The van der Waals surface area contributed by atoms with Crippen molar-refractivity contribution in [3.8, 4) is 5.75 Å². The number of nitrogens with zero attached hydrogens (tertiary/aromatic N) is 1. The Balaban J connectivity index is 1.68. The summed E-state index contributed by atoms with van der Waals surface area (Å²) in [7, 11) is -2.83. The second-order valence-corrected chi connectivity index (χ2v) is 9.90. The lowest BCUT2D eigenvalue weighted by atomic mass is 10.2. The molecule has 1 amide bonds. The van der Waals surface area contributed by atoms with Crippen LogP contribution >= 0.6 is 0 Å². The van der Waals surface area contributed by atoms with Crippen LogP contribution in [0.2, 0.25) is 0 Å². The lowest BCUT2D eigenvalue weighted by molar-refractivity contribution is -0.137. The van der Waals surface area contributed by atoms with Crippen LogP contribution in [0.25, 0.3) is 0 Å². The lowest BCUT2D eigenvalue weighted by Crippen LogP contribution is -2.23. The van der Waals surface area contributed by atoms with Gasteiger partial charge < -0.3 is 15.0 Å². The predicted molar refractivity (Wildman–Crippen MR) is 131 cm³/mol. The van der Waals surface area contributed by atoms with Gasteiger partial charge in [0.25, 0.3) is 15.9 Å². The molecule has 2 N–H and O–H groups in total. The minimum absolute atomic E-state index is 0.148. The average Bonchev–Trinajstić information content (AvgIpc) is 3.38. The van der Waals surface area contributed by atoms with Crippen molar-refractivity contribution in [1.29, 1.82) is 0 Å². The predicted octanol–water partition coefficient (Wildman–Crippen LogP) is 5.37. The maximum absolute atomic E-state index is 13.4. The van der Waals surface area contributed by atoms with Gasteiger partial charge in [0, 0.05) is 30.0 Å². The van der Waals surface area contributed by atoms with Crippen molar-refractivity contribution < 1.29 is 31.1 Å². The van der Waals surface area contributed by atoms with E-state index in [0.29, 0.717) is 30.1 Å². The highest BCUT2D eigenvalue weighted by molar-refractivity contribution is 7.92. The fourth-order valence-corrected chi connectivity index (χ4v) is 5.26. The van der Waals surface area contributed by atoms with Gasteiger partial charge in [0.15, 0.2) is 0 Å². The van der Waals surface area contributed by atoms with Crippen LogP contribution in [0.15, 0.2) is 71.6 Å². The number of sulfonamides is 1. The summed E-state index contributed by atoms with van der Waals surface area (Å²) in [5, 5.41) is 2.68. The first-order valence-electron chi connectivity index (χ1n) is 11.1. The number of hydrogen-bond acceptors (Lipinski definition) is 5. The Labute approximate surface area is 206 Å². The summed E-state index contributed by atoms with van der Waals surface area (Å²) >= 11 is 0. The molecular weight excluding hydrogens is 495 g/mol. The molecule has 3 aromatic carbocycles. The molecule has 1 aliphatic heterocycles. The van der Waals surface area contributed by atoms with E-state index in [-0.39, 0.29) is 16.3 Å². The Hall–Kier alpha value is -3.73. The third-order valence-corrected chi connectivity index (χ3v) is 7.14. The molecule has 190 valence electrons. The molecule has 1 aliphatic rings. The molecule has 0 aliphatic carbocycles. The molecule has 4 rings (SSSR count). The van der Waals surface area contributed by atoms with E-state index < -0.39 is 27.7 Å². The number of amides is 1. The van der Waals surface area contributed by atoms with Crippen LogP contribution in [0.1, 0.15) is 28.8 Å². The summed E-state index contributed by atoms with van der Waals surface area (Å²) in [5.74, 6) is 0.0117. The van der Waals surface area contributed by atoms with Crippen molar-refractivity contribution in [1.82, 2.24) is 0 Å². The number of halogens is 3. The number of anilines is 3. The van der Waals surface area contributed by atoms with Crippen molar-refractivity contribution in [3.05, 3.63) is 77.9 Å². The Bertz CT molecular complexity index is 1370. The molecule has 0 aromatic heterocycles. The summed E-state index contributed by atoms with van der Waals surface area (Å²) in [5.41, 5.74) is -0.254. The van der Waals surface area contributed by atoms with Gasteiger partial charge in [0.1, 0.15) is 10.6 Å². The molecule has 11 heteroatoms. The van der Waals surface area contributed by atoms with E-state index in [4.69, 9.17) is 4.74 Å². The zero-order chi connectivity index (χ0) is 25.9.